The van der Waals surface area contributed by atoms with Crippen LogP contribution in [-0.4, -0.2) is 42.0 Å². The Kier molecular flexibility index (Phi) is 12.7. The van der Waals surface area contributed by atoms with E-state index in [1.807, 2.05) is 53.7 Å². The summed E-state index contributed by atoms with van der Waals surface area (Å²) >= 11 is 1.79. The highest BCUT2D eigenvalue weighted by Crippen LogP contribution is 2.40. The van der Waals surface area contributed by atoms with Gasteiger partial charge in [-0.15, -0.1) is 0 Å². The second-order valence-electron chi connectivity index (χ2n) is 15.8. The normalized spacial score (nSPS) is 13.7. The van der Waals surface area contributed by atoms with Gasteiger partial charge in [-0.3, -0.25) is 4.99 Å². The highest BCUT2D eigenvalue weighted by Gasteiger charge is 2.20. The summed E-state index contributed by atoms with van der Waals surface area (Å²) < 4.78 is 23.4. The van der Waals surface area contributed by atoms with Crippen LogP contribution in [0.1, 0.15) is 98.7 Å². The molecule has 6 rings (SSSR count). The van der Waals surface area contributed by atoms with Crippen molar-refractivity contribution >= 4 is 40.7 Å². The fraction of sp³-hybridized carbons (Fsp3) is 0.312. The molecule has 0 bridgehead atoms. The zero-order valence-corrected chi connectivity index (χ0v) is 34.2. The van der Waals surface area contributed by atoms with E-state index < -0.39 is 11.9 Å². The molecule has 5 aromatic carbocycles. The van der Waals surface area contributed by atoms with Crippen LogP contribution in [-0.2, 0) is 17.6 Å². The lowest BCUT2D eigenvalue weighted by Gasteiger charge is -2.21. The fourth-order valence-corrected chi connectivity index (χ4v) is 7.72. The van der Waals surface area contributed by atoms with Crippen LogP contribution in [0.4, 0.5) is 0 Å². The number of thioether (sulfide) groups is 1. The molecule has 0 aromatic heterocycles. The second-order valence-corrected chi connectivity index (χ2v) is 17.0. The van der Waals surface area contributed by atoms with Gasteiger partial charge in [-0.05, 0) is 149 Å². The van der Waals surface area contributed by atoms with Gasteiger partial charge < -0.3 is 18.9 Å². The van der Waals surface area contributed by atoms with Gasteiger partial charge in [-0.2, -0.15) is 0 Å². The van der Waals surface area contributed by atoms with Gasteiger partial charge in [0.1, 0.15) is 28.5 Å². The topological polar surface area (TPSA) is 83.4 Å². The lowest BCUT2D eigenvalue weighted by molar-refractivity contribution is 0.0508. The van der Waals surface area contributed by atoms with Crippen LogP contribution in [0.3, 0.4) is 0 Å². The summed E-state index contributed by atoms with van der Waals surface area (Å²) in [5, 5.41) is 2.56. The van der Waals surface area contributed by atoms with E-state index in [0.29, 0.717) is 40.4 Å². The van der Waals surface area contributed by atoms with Crippen molar-refractivity contribution < 1.29 is 28.5 Å². The number of hydrogen-bond donors (Lipinski definition) is 0. The molecule has 56 heavy (non-hydrogen) atoms. The monoisotopic (exact) mass is 769 g/mol. The predicted molar refractivity (Wildman–Crippen MR) is 227 cm³/mol. The zero-order valence-electron chi connectivity index (χ0n) is 33.4. The molecule has 1 heterocycles. The lowest BCUT2D eigenvalue weighted by atomic mass is 10.0. The molecule has 1 unspecified atom stereocenters. The summed E-state index contributed by atoms with van der Waals surface area (Å²) in [6.45, 7) is 14.2. The number of esters is 2. The number of carbonyl (C=O) groups excluding carboxylic acids is 2. The van der Waals surface area contributed by atoms with Gasteiger partial charge >= 0.3 is 11.9 Å². The molecule has 5 aromatic rings. The maximum absolute atomic E-state index is 13.4. The van der Waals surface area contributed by atoms with Crippen molar-refractivity contribution in [1.82, 2.24) is 0 Å². The fourth-order valence-electron chi connectivity index (χ4n) is 6.43. The van der Waals surface area contributed by atoms with Gasteiger partial charge in [0, 0.05) is 28.0 Å². The summed E-state index contributed by atoms with van der Waals surface area (Å²) in [6.07, 6.45) is 7.29. The predicted octanol–water partition coefficient (Wildman–Crippen LogP) is 11.6. The van der Waals surface area contributed by atoms with Crippen LogP contribution in [0.15, 0.2) is 124 Å². The minimum atomic E-state index is -0.486. The molecule has 0 spiro atoms. The largest absolute Gasteiger partial charge is 0.488 e. The molecule has 0 radical (unpaired) electrons. The van der Waals surface area contributed by atoms with E-state index in [1.165, 1.54) is 26.1 Å². The second kappa shape index (κ2) is 17.6. The number of carbonyl (C=O) groups is 2. The Hall–Kier alpha value is -5.34. The third kappa shape index (κ3) is 10.9. The first-order chi connectivity index (χ1) is 26.7. The van der Waals surface area contributed by atoms with E-state index in [1.54, 1.807) is 72.6 Å². The van der Waals surface area contributed by atoms with Crippen LogP contribution in [0.5, 0.6) is 17.2 Å². The smallest absolute Gasteiger partial charge is 0.343 e. The maximum Gasteiger partial charge on any atom is 0.343 e. The molecule has 0 N–H and O–H groups in total. The first-order valence-electron chi connectivity index (χ1n) is 19.3. The Morgan fingerprint density at radius 2 is 1.43 bits per heavy atom. The molecule has 7 nitrogen and oxygen atoms in total. The molecule has 0 aliphatic carbocycles. The first-order valence-corrected chi connectivity index (χ1v) is 20.1. The molecular formula is C48H51NO6S. The quantitative estimate of drug-likeness (QED) is 0.0710. The Morgan fingerprint density at radius 1 is 0.786 bits per heavy atom. The molecule has 1 atom stereocenters. The van der Waals surface area contributed by atoms with E-state index in [0.717, 1.165) is 24.8 Å². The summed E-state index contributed by atoms with van der Waals surface area (Å²) in [5.41, 5.74) is 3.11. The average molecular weight is 770 g/mol. The van der Waals surface area contributed by atoms with Crippen molar-refractivity contribution in [2.24, 2.45) is 4.99 Å². The molecule has 8 heteroatoms. The van der Waals surface area contributed by atoms with Crippen LogP contribution >= 0.6 is 11.8 Å². The summed E-state index contributed by atoms with van der Waals surface area (Å²) in [5.74, 6) is 0.855. The maximum atomic E-state index is 13.4. The van der Waals surface area contributed by atoms with Gasteiger partial charge in [0.25, 0.3) is 0 Å². The molecule has 1 aliphatic rings. The number of fused-ring (bicyclic) bond motifs is 3. The minimum absolute atomic E-state index is 0.0823. The third-order valence-corrected chi connectivity index (χ3v) is 10.3. The van der Waals surface area contributed by atoms with Gasteiger partial charge in [0.05, 0.1) is 23.8 Å². The number of hydrogen-bond acceptors (Lipinski definition) is 8. The summed E-state index contributed by atoms with van der Waals surface area (Å²) in [7, 11) is 0. The Morgan fingerprint density at radius 3 is 2.07 bits per heavy atom. The van der Waals surface area contributed by atoms with Gasteiger partial charge in [0.2, 0.25) is 0 Å². The minimum Gasteiger partial charge on any atom is -0.488 e. The number of benzene rings is 5. The highest BCUT2D eigenvalue weighted by atomic mass is 32.2. The van der Waals surface area contributed by atoms with Crippen LogP contribution in [0.2, 0.25) is 0 Å². The molecule has 0 saturated carbocycles. The van der Waals surface area contributed by atoms with Crippen molar-refractivity contribution in [3.05, 3.63) is 142 Å². The number of ether oxygens (including phenoxy) is 4. The standard InChI is InChI=1S/C48H51NO6S/c1-8-41(44-15-11-14-40-39-13-10-9-12-33(39)21-27-43(40)56-44)49-31-36-30-32(28-29-52-45(50)34-17-22-37(23-18-34)54-47(2,3)4)16-26-42(36)53-46(51)35-19-24-38(25-20-35)55-48(5,6)7/h9-10,12-13,15-27,30-31,41H,8,11,14,28-29H2,1-7H3. The Labute approximate surface area is 335 Å². The Balaban J connectivity index is 1.20. The van der Waals surface area contributed by atoms with E-state index in [2.05, 4.69) is 49.4 Å². The molecule has 0 amide bonds. The average Bonchev–Trinajstić information content (AvgIpc) is 3.38. The molecule has 0 fully saturated rings. The lowest BCUT2D eigenvalue weighted by Crippen LogP contribution is -2.23. The summed E-state index contributed by atoms with van der Waals surface area (Å²) in [4.78, 5) is 33.9. The van der Waals surface area contributed by atoms with Crippen molar-refractivity contribution in [3.63, 3.8) is 0 Å². The van der Waals surface area contributed by atoms with Crippen molar-refractivity contribution in [2.45, 2.75) is 96.3 Å². The number of aryl methyl sites for hydroxylation is 1. The van der Waals surface area contributed by atoms with Crippen LogP contribution < -0.4 is 14.2 Å². The van der Waals surface area contributed by atoms with Gasteiger partial charge in [0.15, 0.2) is 0 Å². The van der Waals surface area contributed by atoms with Crippen molar-refractivity contribution in [2.75, 3.05) is 6.61 Å². The van der Waals surface area contributed by atoms with Crippen LogP contribution in [0.25, 0.3) is 10.8 Å². The number of nitrogens with zero attached hydrogens (tertiary/aromatic N) is 1. The molecule has 290 valence electrons. The molecule has 1 aliphatic heterocycles. The van der Waals surface area contributed by atoms with E-state index in [-0.39, 0.29) is 23.9 Å². The SMILES string of the molecule is CCC(N=Cc1cc(CCOC(=O)c2ccc(OC(C)(C)C)cc2)ccc1OC(=O)c1ccc(OC(C)(C)C)cc1)C1=CCCc2c(ccc3ccccc23)S1. The van der Waals surface area contributed by atoms with Crippen molar-refractivity contribution in [3.8, 4) is 17.2 Å². The molecule has 0 saturated heterocycles. The zero-order chi connectivity index (χ0) is 39.9. The number of rotatable bonds is 12. The summed E-state index contributed by atoms with van der Waals surface area (Å²) in [6, 6.07) is 32.4. The third-order valence-electron chi connectivity index (χ3n) is 9.00. The highest BCUT2D eigenvalue weighted by molar-refractivity contribution is 8.03. The van der Waals surface area contributed by atoms with Crippen LogP contribution in [0, 0.1) is 0 Å². The number of allylic oxidation sites excluding steroid dienone is 1. The Bertz CT molecular complexity index is 2230. The van der Waals surface area contributed by atoms with E-state index in [4.69, 9.17) is 23.9 Å². The number of aliphatic imine (C=N–C) groups is 1. The first kappa shape index (κ1) is 40.3. The van der Waals surface area contributed by atoms with Crippen molar-refractivity contribution in [1.29, 1.82) is 0 Å². The molecular weight excluding hydrogens is 719 g/mol. The van der Waals surface area contributed by atoms with Gasteiger partial charge in [-0.1, -0.05) is 61.2 Å². The van der Waals surface area contributed by atoms with Gasteiger partial charge in [-0.25, -0.2) is 9.59 Å². The van der Waals surface area contributed by atoms with E-state index >= 15 is 0 Å². The van der Waals surface area contributed by atoms with E-state index in [9.17, 15) is 9.59 Å².